The summed E-state index contributed by atoms with van der Waals surface area (Å²) in [6.45, 7) is 7.60. The number of benzene rings is 2. The Morgan fingerprint density at radius 2 is 1.93 bits per heavy atom. The number of carbonyl (C=O) groups excluding carboxylic acids is 1. The minimum atomic E-state index is -0.992. The zero-order chi connectivity index (χ0) is 29.2. The van der Waals surface area contributed by atoms with Crippen molar-refractivity contribution in [1.82, 2.24) is 14.8 Å². The third-order valence-electron chi connectivity index (χ3n) is 8.98. The van der Waals surface area contributed by atoms with Crippen LogP contribution in [0.2, 0.25) is 0 Å². The number of hydrogen-bond donors (Lipinski definition) is 0. The zero-order valence-corrected chi connectivity index (χ0v) is 24.1. The average Bonchev–Trinajstić information content (AvgIpc) is 3.43. The van der Waals surface area contributed by atoms with Crippen LogP contribution in [0.25, 0.3) is 10.8 Å². The van der Waals surface area contributed by atoms with E-state index in [4.69, 9.17) is 9.72 Å². The number of hydrogen-bond acceptors (Lipinski definition) is 7. The highest BCUT2D eigenvalue weighted by molar-refractivity contribution is 5.94. The number of anilines is 2. The monoisotopic (exact) mass is 568 g/mol. The van der Waals surface area contributed by atoms with Crippen LogP contribution in [0.5, 0.6) is 5.88 Å². The Morgan fingerprint density at radius 1 is 1.10 bits per heavy atom. The maximum atomic E-state index is 13.8. The number of ether oxygens (including phenoxy) is 1. The van der Waals surface area contributed by atoms with Crippen molar-refractivity contribution in [2.75, 3.05) is 56.2 Å². The molecule has 3 aliphatic rings. The molecule has 4 heterocycles. The van der Waals surface area contributed by atoms with Gasteiger partial charge in [0.2, 0.25) is 5.88 Å². The van der Waals surface area contributed by atoms with Gasteiger partial charge in [0.05, 0.1) is 30.8 Å². The number of amides is 1. The van der Waals surface area contributed by atoms with Gasteiger partial charge in [-0.05, 0) is 44.3 Å². The van der Waals surface area contributed by atoms with Crippen LogP contribution in [0, 0.1) is 11.3 Å². The lowest BCUT2D eigenvalue weighted by atomic mass is 9.98. The first-order valence-corrected chi connectivity index (χ1v) is 14.8. The molecule has 6 rings (SSSR count). The molecule has 8 nitrogen and oxygen atoms in total. The Balaban J connectivity index is 1.32. The van der Waals surface area contributed by atoms with Crippen molar-refractivity contribution in [3.63, 3.8) is 0 Å². The lowest BCUT2D eigenvalue weighted by Gasteiger charge is -2.43. The second-order valence-electron chi connectivity index (χ2n) is 11.5. The molecule has 1 amide bonds. The third kappa shape index (κ3) is 5.51. The Morgan fingerprint density at radius 3 is 2.71 bits per heavy atom. The van der Waals surface area contributed by atoms with Gasteiger partial charge in [-0.1, -0.05) is 43.0 Å². The van der Waals surface area contributed by atoms with E-state index < -0.39 is 17.8 Å². The van der Waals surface area contributed by atoms with Crippen molar-refractivity contribution >= 4 is 28.1 Å². The molecule has 0 N–H and O–H groups in total. The molecule has 1 aromatic heterocycles. The van der Waals surface area contributed by atoms with Crippen LogP contribution in [0.4, 0.5) is 15.8 Å². The second kappa shape index (κ2) is 12.0. The van der Waals surface area contributed by atoms with Crippen molar-refractivity contribution in [3.05, 3.63) is 72.2 Å². The molecule has 2 fully saturated rings. The minimum Gasteiger partial charge on any atom is -0.476 e. The first-order valence-electron chi connectivity index (χ1n) is 14.8. The van der Waals surface area contributed by atoms with E-state index >= 15 is 0 Å². The smallest absolute Gasteiger partial charge is 0.282 e. The lowest BCUT2D eigenvalue weighted by molar-refractivity contribution is -0.131. The molecule has 0 unspecified atom stereocenters. The fraction of sp³-hybridized carbons (Fsp3) is 0.424. The molecule has 0 aliphatic carbocycles. The van der Waals surface area contributed by atoms with Crippen LogP contribution < -0.4 is 14.5 Å². The van der Waals surface area contributed by atoms with Gasteiger partial charge in [-0.25, -0.2) is 9.37 Å². The van der Waals surface area contributed by atoms with Crippen LogP contribution in [-0.4, -0.2) is 79.2 Å². The molecule has 0 bridgehead atoms. The molecule has 0 saturated carbocycles. The van der Waals surface area contributed by atoms with Crippen molar-refractivity contribution < 1.29 is 13.9 Å². The third-order valence-corrected chi connectivity index (χ3v) is 8.98. The predicted octanol–water partition coefficient (Wildman–Crippen LogP) is 4.68. The normalized spacial score (nSPS) is 20.8. The first-order chi connectivity index (χ1) is 20.4. The molecule has 0 radical (unpaired) electrons. The van der Waals surface area contributed by atoms with E-state index in [1.807, 2.05) is 6.07 Å². The van der Waals surface area contributed by atoms with Gasteiger partial charge in [-0.15, -0.1) is 0 Å². The standard InChI is InChI=1S/C33H37FN6O2/c1-23(34)33(41)40-18-17-39(20-25(40)12-14-35)31-19-32(42-22-26-9-6-15-37(26)2)36-29-21-38(16-13-28(29)31)30-11-5-8-24-7-3-4-10-27(24)30/h3-5,7-8,10-11,19,25-26H,1,6,9,12-13,15-18,20-22H2,2H3/t25-,26-/m0/s1. The lowest BCUT2D eigenvalue weighted by Crippen LogP contribution is -2.55. The van der Waals surface area contributed by atoms with Gasteiger partial charge >= 0.3 is 0 Å². The highest BCUT2D eigenvalue weighted by Gasteiger charge is 2.34. The van der Waals surface area contributed by atoms with E-state index in [-0.39, 0.29) is 6.42 Å². The van der Waals surface area contributed by atoms with Gasteiger partial charge in [0.1, 0.15) is 6.61 Å². The van der Waals surface area contributed by atoms with E-state index in [0.717, 1.165) is 37.3 Å². The van der Waals surface area contributed by atoms with Gasteiger partial charge in [0, 0.05) is 60.6 Å². The zero-order valence-electron chi connectivity index (χ0n) is 24.1. The number of nitrogens with zero attached hydrogens (tertiary/aromatic N) is 6. The first kappa shape index (κ1) is 28.0. The summed E-state index contributed by atoms with van der Waals surface area (Å²) < 4.78 is 20.1. The Bertz CT molecular complexity index is 1530. The molecule has 2 aromatic carbocycles. The SMILES string of the molecule is C=C(F)C(=O)N1CCN(c2cc(OC[C@@H]3CCCN3C)nc3c2CCN(c2cccc4ccccc24)C3)C[C@@H]1CC#N. The number of rotatable bonds is 7. The van der Waals surface area contributed by atoms with Crippen LogP contribution in [0.1, 0.15) is 30.5 Å². The van der Waals surface area contributed by atoms with Gasteiger partial charge < -0.3 is 24.3 Å². The second-order valence-corrected chi connectivity index (χ2v) is 11.5. The Kier molecular flexibility index (Phi) is 7.98. The Labute approximate surface area is 246 Å². The molecule has 218 valence electrons. The molecule has 3 aromatic rings. The van der Waals surface area contributed by atoms with Crippen molar-refractivity contribution in [2.45, 2.75) is 44.3 Å². The number of likely N-dealkylation sites (tertiary alicyclic amines) is 1. The topological polar surface area (TPSA) is 75.9 Å². The molecular formula is C33H37FN6O2. The average molecular weight is 569 g/mol. The van der Waals surface area contributed by atoms with Crippen LogP contribution in [0.15, 0.2) is 60.9 Å². The van der Waals surface area contributed by atoms with Crippen molar-refractivity contribution in [1.29, 1.82) is 5.26 Å². The molecule has 3 aliphatic heterocycles. The summed E-state index contributed by atoms with van der Waals surface area (Å²) in [6.07, 6.45) is 3.20. The van der Waals surface area contributed by atoms with Gasteiger partial charge in [-0.2, -0.15) is 5.26 Å². The number of likely N-dealkylation sites (N-methyl/N-ethyl adjacent to an activating group) is 1. The summed E-state index contributed by atoms with van der Waals surface area (Å²) in [5.41, 5.74) is 4.37. The number of carbonyl (C=O) groups is 1. The fourth-order valence-electron chi connectivity index (χ4n) is 6.69. The summed E-state index contributed by atoms with van der Waals surface area (Å²) in [5, 5.41) is 11.9. The molecular weight excluding hydrogens is 531 g/mol. The quantitative estimate of drug-likeness (QED) is 0.383. The van der Waals surface area contributed by atoms with Gasteiger partial charge in [0.25, 0.3) is 5.91 Å². The fourth-order valence-corrected chi connectivity index (χ4v) is 6.69. The van der Waals surface area contributed by atoms with E-state index in [9.17, 15) is 14.4 Å². The van der Waals surface area contributed by atoms with E-state index in [1.54, 1.807) is 0 Å². The molecule has 2 atom stereocenters. The van der Waals surface area contributed by atoms with E-state index in [2.05, 4.69) is 76.9 Å². The summed E-state index contributed by atoms with van der Waals surface area (Å²) in [6, 6.07) is 19.0. The van der Waals surface area contributed by atoms with E-state index in [0.29, 0.717) is 44.7 Å². The Hall–Kier alpha value is -4.16. The van der Waals surface area contributed by atoms with Crippen molar-refractivity contribution in [2.24, 2.45) is 0 Å². The summed E-state index contributed by atoms with van der Waals surface area (Å²) >= 11 is 0. The van der Waals surface area contributed by atoms with Gasteiger partial charge in [-0.3, -0.25) is 4.79 Å². The number of nitriles is 1. The predicted molar refractivity (Wildman–Crippen MR) is 162 cm³/mol. The highest BCUT2D eigenvalue weighted by atomic mass is 19.1. The number of piperazine rings is 1. The number of aromatic nitrogens is 1. The minimum absolute atomic E-state index is 0.120. The molecule has 9 heteroatoms. The van der Waals surface area contributed by atoms with Crippen molar-refractivity contribution in [3.8, 4) is 11.9 Å². The number of fused-ring (bicyclic) bond motifs is 2. The maximum absolute atomic E-state index is 13.8. The maximum Gasteiger partial charge on any atom is 0.282 e. The molecule has 0 spiro atoms. The van der Waals surface area contributed by atoms with Gasteiger partial charge in [0.15, 0.2) is 5.83 Å². The molecule has 42 heavy (non-hydrogen) atoms. The summed E-state index contributed by atoms with van der Waals surface area (Å²) in [7, 11) is 2.14. The summed E-state index contributed by atoms with van der Waals surface area (Å²) in [5.74, 6) is -1.13. The number of pyridine rings is 1. The van der Waals surface area contributed by atoms with E-state index in [1.165, 1.54) is 33.3 Å². The largest absolute Gasteiger partial charge is 0.476 e. The number of halogens is 1. The van der Waals surface area contributed by atoms with Crippen LogP contribution >= 0.6 is 0 Å². The highest BCUT2D eigenvalue weighted by Crippen LogP contribution is 2.36. The summed E-state index contributed by atoms with van der Waals surface area (Å²) in [4.78, 5) is 25.9. The van der Waals surface area contributed by atoms with Crippen LogP contribution in [0.3, 0.4) is 0 Å². The molecule has 2 saturated heterocycles. The van der Waals surface area contributed by atoms with Crippen LogP contribution in [-0.2, 0) is 17.8 Å².